The number of fused-ring (bicyclic) bond motifs is 1. The molecule has 88 valence electrons. The van der Waals surface area contributed by atoms with Gasteiger partial charge in [-0.3, -0.25) is 0 Å². The van der Waals surface area contributed by atoms with Gasteiger partial charge in [0.15, 0.2) is 0 Å². The molecule has 1 aromatic rings. The van der Waals surface area contributed by atoms with E-state index >= 15 is 0 Å². The van der Waals surface area contributed by atoms with Crippen LogP contribution in [0.5, 0.6) is 5.75 Å². The fourth-order valence-electron chi connectivity index (χ4n) is 1.90. The van der Waals surface area contributed by atoms with Crippen LogP contribution in [0.15, 0.2) is 18.2 Å². The van der Waals surface area contributed by atoms with E-state index in [2.05, 4.69) is 0 Å². The molecule has 1 aliphatic rings. The van der Waals surface area contributed by atoms with Crippen molar-refractivity contribution in [1.82, 2.24) is 0 Å². The maximum absolute atomic E-state index is 10.7. The molecule has 0 saturated carbocycles. The van der Waals surface area contributed by atoms with Gasteiger partial charge in [-0.1, -0.05) is 6.07 Å². The summed E-state index contributed by atoms with van der Waals surface area (Å²) in [6.45, 7) is 0.102. The van der Waals surface area contributed by atoms with Gasteiger partial charge in [0.05, 0.1) is 5.75 Å². The van der Waals surface area contributed by atoms with Crippen molar-refractivity contribution >= 4 is 19.7 Å². The predicted octanol–water partition coefficient (Wildman–Crippen LogP) is 2.12. The second-order valence-corrected chi connectivity index (χ2v) is 6.77. The van der Waals surface area contributed by atoms with E-state index in [4.69, 9.17) is 15.4 Å². The zero-order chi connectivity index (χ0) is 11.6. The van der Waals surface area contributed by atoms with Gasteiger partial charge >= 0.3 is 0 Å². The third-order valence-corrected chi connectivity index (χ3v) is 3.78. The molecule has 0 unspecified atom stereocenters. The van der Waals surface area contributed by atoms with E-state index in [0.717, 1.165) is 18.6 Å². The highest BCUT2D eigenvalue weighted by atomic mass is 35.7. The Labute approximate surface area is 99.8 Å². The summed E-state index contributed by atoms with van der Waals surface area (Å²) < 4.78 is 26.7. The molecule has 0 spiro atoms. The van der Waals surface area contributed by atoms with Crippen molar-refractivity contribution in [2.45, 2.75) is 19.3 Å². The summed E-state index contributed by atoms with van der Waals surface area (Å²) in [7, 11) is 1.63. The lowest BCUT2D eigenvalue weighted by Crippen LogP contribution is -2.08. The first-order valence-corrected chi connectivity index (χ1v) is 7.69. The maximum Gasteiger partial charge on any atom is 0.235 e. The molecule has 0 bridgehead atoms. The van der Waals surface area contributed by atoms with Gasteiger partial charge in [0.1, 0.15) is 12.4 Å². The third-order valence-electron chi connectivity index (χ3n) is 2.67. The quantitative estimate of drug-likeness (QED) is 0.779. The SMILES string of the molecule is O=S(=O)(Cl)CCOc1ccc2c(c1)CCC2. The van der Waals surface area contributed by atoms with E-state index in [9.17, 15) is 8.42 Å². The van der Waals surface area contributed by atoms with Crippen LogP contribution in [0, 0.1) is 0 Å². The van der Waals surface area contributed by atoms with Crippen LogP contribution in [0.1, 0.15) is 17.5 Å². The highest BCUT2D eigenvalue weighted by Crippen LogP contribution is 2.25. The normalized spacial score (nSPS) is 14.8. The Hall–Kier alpha value is -0.740. The smallest absolute Gasteiger partial charge is 0.235 e. The van der Waals surface area contributed by atoms with Crippen LogP contribution >= 0.6 is 10.7 Å². The Morgan fingerprint density at radius 2 is 2.00 bits per heavy atom. The van der Waals surface area contributed by atoms with Crippen molar-refractivity contribution < 1.29 is 13.2 Å². The number of hydrogen-bond acceptors (Lipinski definition) is 3. The van der Waals surface area contributed by atoms with Gasteiger partial charge in [-0.15, -0.1) is 0 Å². The minimum atomic E-state index is -3.46. The van der Waals surface area contributed by atoms with Crippen molar-refractivity contribution in [1.29, 1.82) is 0 Å². The van der Waals surface area contributed by atoms with Crippen molar-refractivity contribution in [2.24, 2.45) is 0 Å². The first-order chi connectivity index (χ1) is 7.54. The molecular formula is C11H13ClO3S. The molecule has 0 amide bonds. The van der Waals surface area contributed by atoms with Crippen molar-refractivity contribution in [2.75, 3.05) is 12.4 Å². The predicted molar refractivity (Wildman–Crippen MR) is 63.6 cm³/mol. The lowest BCUT2D eigenvalue weighted by molar-refractivity contribution is 0.341. The van der Waals surface area contributed by atoms with Crippen LogP contribution in [0.25, 0.3) is 0 Å². The monoisotopic (exact) mass is 260 g/mol. The molecule has 5 heteroatoms. The average Bonchev–Trinajstić information content (AvgIpc) is 2.62. The van der Waals surface area contributed by atoms with E-state index in [-0.39, 0.29) is 12.4 Å². The number of rotatable bonds is 4. The van der Waals surface area contributed by atoms with Gasteiger partial charge in [-0.25, -0.2) is 8.42 Å². The molecule has 0 fully saturated rings. The maximum atomic E-state index is 10.7. The fourth-order valence-corrected chi connectivity index (χ4v) is 2.37. The van der Waals surface area contributed by atoms with Gasteiger partial charge in [-0.2, -0.15) is 0 Å². The zero-order valence-electron chi connectivity index (χ0n) is 8.78. The summed E-state index contributed by atoms with van der Waals surface area (Å²) in [5.74, 6) is 0.562. The van der Waals surface area contributed by atoms with Gasteiger partial charge in [0.25, 0.3) is 0 Å². The Bertz CT molecular complexity index is 482. The fraction of sp³-hybridized carbons (Fsp3) is 0.455. The van der Waals surface area contributed by atoms with Crippen molar-refractivity contribution in [3.8, 4) is 5.75 Å². The van der Waals surface area contributed by atoms with E-state index in [1.165, 1.54) is 17.5 Å². The Kier molecular flexibility index (Phi) is 3.40. The molecule has 1 aliphatic carbocycles. The summed E-state index contributed by atoms with van der Waals surface area (Å²) in [6.07, 6.45) is 3.40. The molecule has 16 heavy (non-hydrogen) atoms. The van der Waals surface area contributed by atoms with E-state index in [0.29, 0.717) is 0 Å². The molecule has 3 nitrogen and oxygen atoms in total. The van der Waals surface area contributed by atoms with Crippen LogP contribution in [0.4, 0.5) is 0 Å². The minimum Gasteiger partial charge on any atom is -0.492 e. The van der Waals surface area contributed by atoms with Crippen molar-refractivity contribution in [3.05, 3.63) is 29.3 Å². The van der Waals surface area contributed by atoms with Crippen LogP contribution in [0.3, 0.4) is 0 Å². The van der Waals surface area contributed by atoms with Gasteiger partial charge < -0.3 is 4.74 Å². The Morgan fingerprint density at radius 1 is 1.25 bits per heavy atom. The molecule has 0 aromatic heterocycles. The molecule has 0 radical (unpaired) electrons. The molecule has 2 rings (SSSR count). The Morgan fingerprint density at radius 3 is 2.75 bits per heavy atom. The summed E-state index contributed by atoms with van der Waals surface area (Å²) in [4.78, 5) is 0. The van der Waals surface area contributed by atoms with Gasteiger partial charge in [0, 0.05) is 10.7 Å². The lowest BCUT2D eigenvalue weighted by atomic mass is 10.1. The van der Waals surface area contributed by atoms with Crippen LogP contribution in [-0.4, -0.2) is 20.8 Å². The van der Waals surface area contributed by atoms with Gasteiger partial charge in [-0.05, 0) is 42.5 Å². The largest absolute Gasteiger partial charge is 0.492 e. The highest BCUT2D eigenvalue weighted by Gasteiger charge is 2.11. The molecule has 0 saturated heterocycles. The molecular weight excluding hydrogens is 248 g/mol. The number of hydrogen-bond donors (Lipinski definition) is 0. The van der Waals surface area contributed by atoms with Crippen LogP contribution in [-0.2, 0) is 21.9 Å². The zero-order valence-corrected chi connectivity index (χ0v) is 10.4. The van der Waals surface area contributed by atoms with E-state index < -0.39 is 9.05 Å². The molecule has 0 N–H and O–H groups in total. The summed E-state index contributed by atoms with van der Waals surface area (Å²) in [6, 6.07) is 5.92. The average molecular weight is 261 g/mol. The number of aryl methyl sites for hydroxylation is 2. The number of ether oxygens (including phenoxy) is 1. The minimum absolute atomic E-state index is 0.102. The first kappa shape index (κ1) is 11.7. The van der Waals surface area contributed by atoms with Gasteiger partial charge in [0.2, 0.25) is 9.05 Å². The first-order valence-electron chi connectivity index (χ1n) is 5.21. The van der Waals surface area contributed by atoms with Crippen molar-refractivity contribution in [3.63, 3.8) is 0 Å². The molecule has 0 aliphatic heterocycles. The summed E-state index contributed by atoms with van der Waals surface area (Å²) in [5, 5.41) is 0. The number of halogens is 1. The third kappa shape index (κ3) is 3.12. The summed E-state index contributed by atoms with van der Waals surface area (Å²) >= 11 is 0. The van der Waals surface area contributed by atoms with Crippen LogP contribution < -0.4 is 4.74 Å². The standard InChI is InChI=1S/C11H13ClO3S/c12-16(13,14)7-6-15-11-5-4-9-2-1-3-10(9)8-11/h4-5,8H,1-3,6-7H2. The molecule has 0 atom stereocenters. The van der Waals surface area contributed by atoms with E-state index in [1.807, 2.05) is 18.2 Å². The highest BCUT2D eigenvalue weighted by molar-refractivity contribution is 8.13. The topological polar surface area (TPSA) is 43.4 Å². The second-order valence-electron chi connectivity index (χ2n) is 3.88. The molecule has 0 heterocycles. The Balaban J connectivity index is 1.95. The number of benzene rings is 1. The summed E-state index contributed by atoms with van der Waals surface area (Å²) in [5.41, 5.74) is 2.68. The second kappa shape index (κ2) is 4.63. The lowest BCUT2D eigenvalue weighted by Gasteiger charge is -2.06. The molecule has 1 aromatic carbocycles. The van der Waals surface area contributed by atoms with E-state index in [1.54, 1.807) is 0 Å². The van der Waals surface area contributed by atoms with Crippen LogP contribution in [0.2, 0.25) is 0 Å².